The summed E-state index contributed by atoms with van der Waals surface area (Å²) in [5, 5.41) is 23.5. The molecule has 0 aliphatic carbocycles. The highest BCUT2D eigenvalue weighted by molar-refractivity contribution is 6.74. The van der Waals surface area contributed by atoms with Crippen LogP contribution in [-0.2, 0) is 37.6 Å². The second-order valence-corrected chi connectivity index (χ2v) is 21.1. The van der Waals surface area contributed by atoms with E-state index in [1.165, 1.54) is 0 Å². The molecule has 1 aromatic carbocycles. The van der Waals surface area contributed by atoms with Crippen molar-refractivity contribution < 1.29 is 57.4 Å². The number of carbonyl (C=O) groups is 2. The highest BCUT2D eigenvalue weighted by Crippen LogP contribution is 2.46. The van der Waals surface area contributed by atoms with E-state index in [0.717, 1.165) is 4.90 Å². The highest BCUT2D eigenvalue weighted by Gasteiger charge is 2.64. The number of hydrogen-bond donors (Lipinski definition) is 2. The van der Waals surface area contributed by atoms with Crippen molar-refractivity contribution in [2.24, 2.45) is 0 Å². The third-order valence-corrected chi connectivity index (χ3v) is 14.8. The van der Waals surface area contributed by atoms with Crippen molar-refractivity contribution in [3.8, 4) is 0 Å². The van der Waals surface area contributed by atoms with Crippen molar-refractivity contribution in [3.05, 3.63) is 35.4 Å². The standard InChI is InChI=1S/C34H51NO12Si/c1-31(2,3)48(10,11)47-22(19-16-40-32(4,5)42-19)26-25(44-34(8,9)45-26)21(36)23-20(24-27(30(39)41-23)46-33(6,7)43-24)35-28(37)17-14-12-13-15-18(17)29(35)38/h12-15,19-27,30,36,39H,16H2,1-11H3/t19-,20-,21+,22-,23+,24+,25-,26+,27-,30?/m1/s1. The van der Waals surface area contributed by atoms with E-state index in [9.17, 15) is 19.8 Å². The Hall–Kier alpha value is -1.82. The molecule has 2 amide bonds. The third kappa shape index (κ3) is 6.32. The van der Waals surface area contributed by atoms with Gasteiger partial charge in [-0.1, -0.05) is 32.9 Å². The summed E-state index contributed by atoms with van der Waals surface area (Å²) in [7, 11) is -2.49. The van der Waals surface area contributed by atoms with Crippen molar-refractivity contribution in [3.63, 3.8) is 0 Å². The first-order valence-corrected chi connectivity index (χ1v) is 19.6. The first-order chi connectivity index (χ1) is 22.0. The highest BCUT2D eigenvalue weighted by atomic mass is 28.4. The van der Waals surface area contributed by atoms with Gasteiger partial charge in [0.05, 0.1) is 23.8 Å². The second-order valence-electron chi connectivity index (χ2n) is 16.3. The summed E-state index contributed by atoms with van der Waals surface area (Å²) in [5.74, 6) is -4.37. The van der Waals surface area contributed by atoms with Gasteiger partial charge in [-0.05, 0) is 71.8 Å². The number of imide groups is 1. The minimum Gasteiger partial charge on any atom is -0.408 e. The van der Waals surface area contributed by atoms with Gasteiger partial charge in [0.1, 0.15) is 48.8 Å². The average molecular weight is 694 g/mol. The van der Waals surface area contributed by atoms with E-state index in [1.807, 2.05) is 13.8 Å². The van der Waals surface area contributed by atoms with Crippen molar-refractivity contribution in [1.29, 1.82) is 0 Å². The fourth-order valence-corrected chi connectivity index (χ4v) is 8.45. The van der Waals surface area contributed by atoms with Crippen LogP contribution in [-0.4, -0.2) is 120 Å². The molecular formula is C34H51NO12Si. The number of aliphatic hydroxyl groups excluding tert-OH is 2. The Morgan fingerprint density at radius 1 is 0.833 bits per heavy atom. The van der Waals surface area contributed by atoms with Crippen LogP contribution < -0.4 is 0 Å². The average Bonchev–Trinajstić information content (AvgIpc) is 3.67. The molecule has 48 heavy (non-hydrogen) atoms. The van der Waals surface area contributed by atoms with E-state index in [0.29, 0.717) is 0 Å². The van der Waals surface area contributed by atoms with E-state index in [-0.39, 0.29) is 22.8 Å². The van der Waals surface area contributed by atoms with E-state index in [4.69, 9.17) is 37.6 Å². The number of nitrogens with zero attached hydrogens (tertiary/aromatic N) is 1. The van der Waals surface area contributed by atoms with Crippen LogP contribution in [0.3, 0.4) is 0 Å². The van der Waals surface area contributed by atoms with Gasteiger partial charge in [-0.25, -0.2) is 0 Å². The second kappa shape index (κ2) is 11.9. The normalized spacial score (nSPS) is 37.1. The fourth-order valence-electron chi connectivity index (χ4n) is 7.13. The Labute approximate surface area is 283 Å². The van der Waals surface area contributed by atoms with Crippen LogP contribution in [0.5, 0.6) is 0 Å². The zero-order valence-corrected chi connectivity index (χ0v) is 30.7. The summed E-state index contributed by atoms with van der Waals surface area (Å²) in [6.07, 6.45) is -9.94. The molecule has 4 fully saturated rings. The number of hydrogen-bond acceptors (Lipinski definition) is 12. The molecule has 5 aliphatic heterocycles. The number of carbonyl (C=O) groups excluding carboxylic acids is 2. The molecule has 6 rings (SSSR count). The molecule has 14 heteroatoms. The van der Waals surface area contributed by atoms with Gasteiger partial charge >= 0.3 is 0 Å². The van der Waals surface area contributed by atoms with Gasteiger partial charge < -0.3 is 47.8 Å². The molecule has 13 nitrogen and oxygen atoms in total. The van der Waals surface area contributed by atoms with Crippen LogP contribution in [0, 0.1) is 0 Å². The number of benzene rings is 1. The Morgan fingerprint density at radius 2 is 1.38 bits per heavy atom. The SMILES string of the molecule is CC1(C)O[C@@H]([C@H](O[Si](C)(C)C(C)(C)C)[C@H]2COC(C)(C)O2)[C@@H]([C@@H](O)[C@H]2OC(O)[C@@H]3OC(C)(C)O[C@H]3[C@@H]2N2C(=O)c3ccccc3C2=O)O1. The Balaban J connectivity index is 1.40. The maximum Gasteiger partial charge on any atom is 0.261 e. The molecule has 1 aromatic rings. The van der Waals surface area contributed by atoms with Gasteiger partial charge in [-0.3, -0.25) is 14.5 Å². The van der Waals surface area contributed by atoms with Gasteiger partial charge in [0.15, 0.2) is 32.0 Å². The molecule has 1 unspecified atom stereocenters. The number of rotatable bonds is 7. The summed E-state index contributed by atoms with van der Waals surface area (Å²) < 4.78 is 50.7. The smallest absolute Gasteiger partial charge is 0.261 e. The maximum atomic E-state index is 13.9. The lowest BCUT2D eigenvalue weighted by Gasteiger charge is -2.47. The monoisotopic (exact) mass is 693 g/mol. The van der Waals surface area contributed by atoms with Crippen molar-refractivity contribution in [1.82, 2.24) is 4.90 Å². The molecule has 10 atom stereocenters. The largest absolute Gasteiger partial charge is 0.408 e. The van der Waals surface area contributed by atoms with Crippen molar-refractivity contribution >= 4 is 20.1 Å². The zero-order chi connectivity index (χ0) is 35.4. The summed E-state index contributed by atoms with van der Waals surface area (Å²) in [4.78, 5) is 28.8. The number of fused-ring (bicyclic) bond motifs is 2. The van der Waals surface area contributed by atoms with Gasteiger partial charge in [0.2, 0.25) is 0 Å². The van der Waals surface area contributed by atoms with E-state index < -0.39 is 98.7 Å². The van der Waals surface area contributed by atoms with Crippen LogP contribution in [0.25, 0.3) is 0 Å². The van der Waals surface area contributed by atoms with Crippen LogP contribution in [0.4, 0.5) is 0 Å². The lowest BCUT2D eigenvalue weighted by molar-refractivity contribution is -0.269. The van der Waals surface area contributed by atoms with E-state index >= 15 is 0 Å². The Morgan fingerprint density at radius 3 is 1.92 bits per heavy atom. The van der Waals surface area contributed by atoms with Crippen LogP contribution in [0.1, 0.15) is 83.0 Å². The molecule has 4 saturated heterocycles. The molecule has 0 radical (unpaired) electrons. The predicted octanol–water partition coefficient (Wildman–Crippen LogP) is 3.31. The van der Waals surface area contributed by atoms with Gasteiger partial charge in [0, 0.05) is 0 Å². The predicted molar refractivity (Wildman–Crippen MR) is 172 cm³/mol. The molecule has 0 aromatic heterocycles. The summed E-state index contributed by atoms with van der Waals surface area (Å²) in [6.45, 7) is 21.3. The maximum absolute atomic E-state index is 13.9. The topological polar surface area (TPSA) is 152 Å². The minimum atomic E-state index is -2.49. The summed E-state index contributed by atoms with van der Waals surface area (Å²) in [5.41, 5.74) is 0.444. The van der Waals surface area contributed by atoms with Crippen molar-refractivity contribution in [2.45, 2.75) is 159 Å². The van der Waals surface area contributed by atoms with Gasteiger partial charge in [0.25, 0.3) is 11.8 Å². The molecule has 268 valence electrons. The fraction of sp³-hybridized carbons (Fsp3) is 0.765. The zero-order valence-electron chi connectivity index (χ0n) is 29.7. The Kier molecular flexibility index (Phi) is 8.90. The van der Waals surface area contributed by atoms with Crippen LogP contribution >= 0.6 is 0 Å². The molecule has 5 aliphatic rings. The lowest BCUT2D eigenvalue weighted by Crippen LogP contribution is -2.68. The molecule has 5 heterocycles. The van der Waals surface area contributed by atoms with Crippen LogP contribution in [0.15, 0.2) is 24.3 Å². The number of aliphatic hydroxyl groups is 2. The molecule has 0 bridgehead atoms. The van der Waals surface area contributed by atoms with Crippen LogP contribution in [0.2, 0.25) is 18.1 Å². The molecule has 2 N–H and O–H groups in total. The van der Waals surface area contributed by atoms with E-state index in [2.05, 4.69) is 33.9 Å². The van der Waals surface area contributed by atoms with Crippen molar-refractivity contribution in [2.75, 3.05) is 6.61 Å². The lowest BCUT2D eigenvalue weighted by atomic mass is 9.87. The summed E-state index contributed by atoms with van der Waals surface area (Å²) >= 11 is 0. The number of amides is 2. The molecule has 0 spiro atoms. The third-order valence-electron chi connectivity index (χ3n) is 10.3. The quantitative estimate of drug-likeness (QED) is 0.319. The summed E-state index contributed by atoms with van der Waals surface area (Å²) in [6, 6.07) is 5.30. The Bertz CT molecular complexity index is 1390. The molecule has 0 saturated carbocycles. The van der Waals surface area contributed by atoms with E-state index in [1.54, 1.807) is 52.0 Å². The first-order valence-electron chi connectivity index (χ1n) is 16.7. The van der Waals surface area contributed by atoms with Gasteiger partial charge in [-0.15, -0.1) is 0 Å². The van der Waals surface area contributed by atoms with Gasteiger partial charge in [-0.2, -0.15) is 0 Å². The number of ether oxygens (including phenoxy) is 7. The first kappa shape index (κ1) is 36.0. The minimum absolute atomic E-state index is 0.182. The molecular weight excluding hydrogens is 642 g/mol.